The fourth-order valence-corrected chi connectivity index (χ4v) is 1.66. The molecule has 6 nitrogen and oxygen atoms in total. The standard InChI is InChI=1S/C15H29N3O3/c1-4-14(3)6-7-19-8-9-20-10-11-21-13-15-12-18(5-2)17-16-15/h12,14H,4-11,13H2,1-3H3. The summed E-state index contributed by atoms with van der Waals surface area (Å²) in [6.45, 7) is 11.0. The molecule has 0 aliphatic rings. The maximum Gasteiger partial charge on any atom is 0.108 e. The number of nitrogens with zero attached hydrogens (tertiary/aromatic N) is 3. The van der Waals surface area contributed by atoms with E-state index in [0.29, 0.717) is 33.0 Å². The second-order valence-corrected chi connectivity index (χ2v) is 5.14. The van der Waals surface area contributed by atoms with Crippen molar-refractivity contribution in [3.05, 3.63) is 11.9 Å². The van der Waals surface area contributed by atoms with E-state index in [-0.39, 0.29) is 0 Å². The molecule has 1 rings (SSSR count). The lowest BCUT2D eigenvalue weighted by Gasteiger charge is -2.09. The van der Waals surface area contributed by atoms with Gasteiger partial charge in [-0.3, -0.25) is 4.68 Å². The lowest BCUT2D eigenvalue weighted by molar-refractivity contribution is 0.00824. The molecule has 21 heavy (non-hydrogen) atoms. The van der Waals surface area contributed by atoms with Crippen molar-refractivity contribution in [2.75, 3.05) is 33.0 Å². The van der Waals surface area contributed by atoms with Crippen molar-refractivity contribution < 1.29 is 14.2 Å². The Morgan fingerprint density at radius 3 is 2.33 bits per heavy atom. The summed E-state index contributed by atoms with van der Waals surface area (Å²) in [5.74, 6) is 0.741. The predicted molar refractivity (Wildman–Crippen MR) is 81.1 cm³/mol. The monoisotopic (exact) mass is 299 g/mol. The summed E-state index contributed by atoms with van der Waals surface area (Å²) in [4.78, 5) is 0. The molecule has 0 aliphatic heterocycles. The van der Waals surface area contributed by atoms with Crippen molar-refractivity contribution >= 4 is 0 Å². The summed E-state index contributed by atoms with van der Waals surface area (Å²) >= 11 is 0. The first-order valence-electron chi connectivity index (χ1n) is 7.88. The Morgan fingerprint density at radius 2 is 1.71 bits per heavy atom. The first kappa shape index (κ1) is 18.1. The molecular formula is C15H29N3O3. The zero-order chi connectivity index (χ0) is 15.3. The van der Waals surface area contributed by atoms with Crippen molar-refractivity contribution in [3.8, 4) is 0 Å². The van der Waals surface area contributed by atoms with Crippen molar-refractivity contribution in [2.24, 2.45) is 5.92 Å². The average Bonchev–Trinajstić information content (AvgIpc) is 2.96. The maximum absolute atomic E-state index is 5.51. The highest BCUT2D eigenvalue weighted by atomic mass is 16.5. The van der Waals surface area contributed by atoms with Crippen LogP contribution in [0.2, 0.25) is 0 Å². The van der Waals surface area contributed by atoms with Gasteiger partial charge < -0.3 is 14.2 Å². The van der Waals surface area contributed by atoms with Gasteiger partial charge in [0.05, 0.1) is 39.2 Å². The minimum Gasteiger partial charge on any atom is -0.379 e. The van der Waals surface area contributed by atoms with Crippen LogP contribution in [0.15, 0.2) is 6.20 Å². The van der Waals surface area contributed by atoms with E-state index >= 15 is 0 Å². The van der Waals surface area contributed by atoms with Crippen LogP contribution in [0.5, 0.6) is 0 Å². The fraction of sp³-hybridized carbons (Fsp3) is 0.867. The Labute approximate surface area is 127 Å². The number of aromatic nitrogens is 3. The van der Waals surface area contributed by atoms with E-state index in [1.54, 1.807) is 4.68 Å². The van der Waals surface area contributed by atoms with Crippen LogP contribution in [0.25, 0.3) is 0 Å². The molecule has 1 atom stereocenters. The molecule has 0 aliphatic carbocycles. The van der Waals surface area contributed by atoms with Gasteiger partial charge in [-0.2, -0.15) is 0 Å². The largest absolute Gasteiger partial charge is 0.379 e. The number of ether oxygens (including phenoxy) is 3. The molecule has 1 aromatic rings. The molecule has 0 bridgehead atoms. The van der Waals surface area contributed by atoms with Gasteiger partial charge >= 0.3 is 0 Å². The SMILES string of the molecule is CCC(C)CCOCCOCCOCc1cn(CC)nn1. The van der Waals surface area contributed by atoms with Gasteiger partial charge in [-0.05, 0) is 19.3 Å². The molecular weight excluding hydrogens is 270 g/mol. The van der Waals surface area contributed by atoms with Crippen LogP contribution < -0.4 is 0 Å². The van der Waals surface area contributed by atoms with Gasteiger partial charge in [0, 0.05) is 13.2 Å². The van der Waals surface area contributed by atoms with Crippen molar-refractivity contribution in [2.45, 2.75) is 46.8 Å². The first-order valence-corrected chi connectivity index (χ1v) is 7.88. The van der Waals surface area contributed by atoms with Crippen molar-refractivity contribution in [1.29, 1.82) is 0 Å². The van der Waals surface area contributed by atoms with Gasteiger partial charge in [0.25, 0.3) is 0 Å². The molecule has 0 fully saturated rings. The summed E-state index contributed by atoms with van der Waals surface area (Å²) in [6, 6.07) is 0. The number of aryl methyl sites for hydroxylation is 1. The first-order chi connectivity index (χ1) is 10.3. The third-order valence-electron chi connectivity index (χ3n) is 3.36. The summed E-state index contributed by atoms with van der Waals surface area (Å²) in [5, 5.41) is 7.95. The summed E-state index contributed by atoms with van der Waals surface area (Å²) < 4.78 is 18.2. The van der Waals surface area contributed by atoms with Crippen LogP contribution in [0.3, 0.4) is 0 Å². The minimum absolute atomic E-state index is 0.481. The van der Waals surface area contributed by atoms with Gasteiger partial charge in [0.2, 0.25) is 0 Å². The van der Waals surface area contributed by atoms with E-state index in [4.69, 9.17) is 14.2 Å². The minimum atomic E-state index is 0.481. The third-order valence-corrected chi connectivity index (χ3v) is 3.36. The Bertz CT molecular complexity index is 358. The van der Waals surface area contributed by atoms with Crippen LogP contribution in [0.1, 0.15) is 39.3 Å². The van der Waals surface area contributed by atoms with E-state index in [1.807, 2.05) is 13.1 Å². The molecule has 1 unspecified atom stereocenters. The van der Waals surface area contributed by atoms with Gasteiger partial charge in [-0.25, -0.2) is 0 Å². The van der Waals surface area contributed by atoms with Gasteiger partial charge in [-0.1, -0.05) is 25.5 Å². The lowest BCUT2D eigenvalue weighted by Crippen LogP contribution is -2.10. The third kappa shape index (κ3) is 8.80. The fourth-order valence-electron chi connectivity index (χ4n) is 1.66. The van der Waals surface area contributed by atoms with Crippen LogP contribution in [-0.4, -0.2) is 48.0 Å². The second kappa shape index (κ2) is 11.7. The molecule has 122 valence electrons. The van der Waals surface area contributed by atoms with Crippen molar-refractivity contribution in [1.82, 2.24) is 15.0 Å². The summed E-state index contributed by atoms with van der Waals surface area (Å²) in [7, 11) is 0. The Kier molecular flexibility index (Phi) is 10.0. The predicted octanol–water partition coefficient (Wildman–Crippen LogP) is 2.28. The highest BCUT2D eigenvalue weighted by molar-refractivity contribution is 4.89. The number of hydrogen-bond donors (Lipinski definition) is 0. The van der Waals surface area contributed by atoms with Crippen LogP contribution in [-0.2, 0) is 27.4 Å². The van der Waals surface area contributed by atoms with Crippen LogP contribution in [0.4, 0.5) is 0 Å². The highest BCUT2D eigenvalue weighted by Gasteiger charge is 2.00. The normalized spacial score (nSPS) is 12.7. The molecule has 0 saturated carbocycles. The maximum atomic E-state index is 5.51. The topological polar surface area (TPSA) is 58.4 Å². The lowest BCUT2D eigenvalue weighted by atomic mass is 10.1. The zero-order valence-electron chi connectivity index (χ0n) is 13.6. The molecule has 0 saturated heterocycles. The Morgan fingerprint density at radius 1 is 1.05 bits per heavy atom. The van der Waals surface area contributed by atoms with Gasteiger partial charge in [0.15, 0.2) is 0 Å². The van der Waals surface area contributed by atoms with Crippen LogP contribution >= 0.6 is 0 Å². The Balaban J connectivity index is 1.84. The second-order valence-electron chi connectivity index (χ2n) is 5.14. The van der Waals surface area contributed by atoms with E-state index < -0.39 is 0 Å². The molecule has 0 N–H and O–H groups in total. The zero-order valence-corrected chi connectivity index (χ0v) is 13.6. The van der Waals surface area contributed by atoms with E-state index in [0.717, 1.165) is 31.2 Å². The smallest absolute Gasteiger partial charge is 0.108 e. The van der Waals surface area contributed by atoms with E-state index in [2.05, 4.69) is 24.2 Å². The Hall–Kier alpha value is -0.980. The molecule has 6 heteroatoms. The van der Waals surface area contributed by atoms with E-state index in [9.17, 15) is 0 Å². The molecule has 0 spiro atoms. The number of hydrogen-bond acceptors (Lipinski definition) is 5. The molecule has 1 heterocycles. The van der Waals surface area contributed by atoms with Crippen molar-refractivity contribution in [3.63, 3.8) is 0 Å². The van der Waals surface area contributed by atoms with E-state index in [1.165, 1.54) is 6.42 Å². The van der Waals surface area contributed by atoms with Gasteiger partial charge in [0.1, 0.15) is 5.69 Å². The molecule has 0 radical (unpaired) electrons. The molecule has 0 amide bonds. The summed E-state index contributed by atoms with van der Waals surface area (Å²) in [6.07, 6.45) is 4.23. The average molecular weight is 299 g/mol. The highest BCUT2D eigenvalue weighted by Crippen LogP contribution is 2.05. The van der Waals surface area contributed by atoms with Gasteiger partial charge in [-0.15, -0.1) is 5.10 Å². The van der Waals surface area contributed by atoms with Crippen LogP contribution in [0, 0.1) is 5.92 Å². The summed E-state index contributed by atoms with van der Waals surface area (Å²) in [5.41, 5.74) is 0.852. The molecule has 0 aromatic carbocycles. The number of rotatable bonds is 13. The molecule has 1 aromatic heterocycles. The quantitative estimate of drug-likeness (QED) is 0.523.